The Morgan fingerprint density at radius 3 is 2.43 bits per heavy atom. The molecule has 0 saturated carbocycles. The van der Waals surface area contributed by atoms with Crippen LogP contribution in [0.25, 0.3) is 22.2 Å². The van der Waals surface area contributed by atoms with Gasteiger partial charge in [-0.1, -0.05) is 23.2 Å². The van der Waals surface area contributed by atoms with Crippen molar-refractivity contribution in [3.05, 3.63) is 45.3 Å². The minimum absolute atomic E-state index is 0.243. The van der Waals surface area contributed by atoms with Crippen molar-refractivity contribution in [3.63, 3.8) is 0 Å². The largest absolute Gasteiger partial charge is 0.415 e. The number of halogens is 2. The quantitative estimate of drug-likeness (QED) is 0.538. The lowest BCUT2D eigenvalue weighted by atomic mass is 10.0. The van der Waals surface area contributed by atoms with Crippen LogP contribution in [0, 0.1) is 0 Å². The summed E-state index contributed by atoms with van der Waals surface area (Å²) in [5, 5.41) is 9.37. The first-order chi connectivity index (χ1) is 13.9. The van der Waals surface area contributed by atoms with Crippen molar-refractivity contribution < 1.29 is 8.63 Å². The van der Waals surface area contributed by atoms with E-state index in [2.05, 4.69) is 21.1 Å². The summed E-state index contributed by atoms with van der Waals surface area (Å²) in [5.74, 6) is 5.24. The number of rotatable bonds is 3. The normalized spacial score (nSPS) is 25.8. The third-order valence-electron chi connectivity index (χ3n) is 5.33. The summed E-state index contributed by atoms with van der Waals surface area (Å²) in [6.07, 6.45) is 0. The number of benzene rings is 1. The molecule has 3 heterocycles. The molecule has 2 atom stereocenters. The zero-order valence-electron chi connectivity index (χ0n) is 16.6. The van der Waals surface area contributed by atoms with Gasteiger partial charge >= 0.3 is 0 Å². The molecule has 6 nitrogen and oxygen atoms in total. The number of aromatic nitrogens is 2. The highest BCUT2D eigenvalue weighted by Gasteiger charge is 2.46. The number of amidine groups is 1. The highest BCUT2D eigenvalue weighted by molar-refractivity contribution is 8.02. The van der Waals surface area contributed by atoms with Gasteiger partial charge in [0.25, 0.3) is 5.89 Å². The number of hydrogen-bond donors (Lipinski definition) is 1. The molecular formula is C20H20Cl2N4O2S2. The van der Waals surface area contributed by atoms with E-state index in [0.29, 0.717) is 32.5 Å². The number of aliphatic imine (C=N–C) groups is 1. The topological polar surface area (TPSA) is 94.4 Å². The Bertz CT molecular complexity index is 1260. The summed E-state index contributed by atoms with van der Waals surface area (Å²) in [4.78, 5) is 6.11. The molecule has 1 aliphatic heterocycles. The van der Waals surface area contributed by atoms with Crippen molar-refractivity contribution >= 4 is 55.8 Å². The summed E-state index contributed by atoms with van der Waals surface area (Å²) >= 11 is 13.9. The lowest BCUT2D eigenvalue weighted by Gasteiger charge is -2.40. The van der Waals surface area contributed by atoms with Gasteiger partial charge in [-0.2, -0.15) is 0 Å². The van der Waals surface area contributed by atoms with Crippen LogP contribution >= 0.6 is 34.5 Å². The van der Waals surface area contributed by atoms with Crippen molar-refractivity contribution in [3.8, 4) is 22.2 Å². The highest BCUT2D eigenvalue weighted by Crippen LogP contribution is 2.45. The molecule has 0 bridgehead atoms. The molecule has 3 aromatic rings. The van der Waals surface area contributed by atoms with Crippen LogP contribution in [0.4, 0.5) is 0 Å². The van der Waals surface area contributed by atoms with Gasteiger partial charge in [0.05, 0.1) is 19.5 Å². The molecule has 0 amide bonds. The van der Waals surface area contributed by atoms with Gasteiger partial charge in [0.15, 0.2) is 0 Å². The molecule has 0 saturated heterocycles. The van der Waals surface area contributed by atoms with Gasteiger partial charge < -0.3 is 10.2 Å². The van der Waals surface area contributed by atoms with E-state index in [4.69, 9.17) is 33.4 Å². The average molecular weight is 483 g/mol. The predicted molar refractivity (Wildman–Crippen MR) is 126 cm³/mol. The van der Waals surface area contributed by atoms with Crippen LogP contribution in [0.5, 0.6) is 0 Å². The van der Waals surface area contributed by atoms with E-state index in [1.807, 2.05) is 6.92 Å². The van der Waals surface area contributed by atoms with Crippen molar-refractivity contribution in [2.75, 3.05) is 5.75 Å². The van der Waals surface area contributed by atoms with E-state index >= 15 is 0 Å². The summed E-state index contributed by atoms with van der Waals surface area (Å²) in [5.41, 5.74) is 6.10. The van der Waals surface area contributed by atoms with Crippen molar-refractivity contribution in [1.29, 1.82) is 0 Å². The zero-order chi connectivity index (χ0) is 21.9. The minimum Gasteiger partial charge on any atom is -0.415 e. The fraction of sp³-hybridized carbons (Fsp3) is 0.300. The van der Waals surface area contributed by atoms with Gasteiger partial charge in [-0.05, 0) is 66.5 Å². The van der Waals surface area contributed by atoms with Crippen LogP contribution in [0.2, 0.25) is 10.0 Å². The van der Waals surface area contributed by atoms with Crippen LogP contribution in [0.15, 0.2) is 39.7 Å². The Morgan fingerprint density at radius 1 is 1.17 bits per heavy atom. The third-order valence-corrected chi connectivity index (χ3v) is 10.5. The van der Waals surface area contributed by atoms with Crippen molar-refractivity contribution in [1.82, 2.24) is 10.2 Å². The number of thiophene rings is 1. The molecule has 1 aliphatic rings. The van der Waals surface area contributed by atoms with Gasteiger partial charge in [-0.15, -0.1) is 21.5 Å². The molecular weight excluding hydrogens is 463 g/mol. The predicted octanol–water partition coefficient (Wildman–Crippen LogP) is 4.85. The molecule has 1 unspecified atom stereocenters. The number of nitrogens with zero attached hydrogens (tertiary/aromatic N) is 3. The first-order valence-corrected chi connectivity index (χ1v) is 12.5. The molecule has 0 spiro atoms. The second-order valence-electron chi connectivity index (χ2n) is 7.94. The Balaban J connectivity index is 1.73. The van der Waals surface area contributed by atoms with E-state index in [1.165, 1.54) is 11.3 Å². The molecule has 2 aromatic heterocycles. The van der Waals surface area contributed by atoms with E-state index < -0.39 is 19.8 Å². The molecule has 4 rings (SSSR count). The van der Waals surface area contributed by atoms with Gasteiger partial charge in [0, 0.05) is 16.3 Å². The second-order valence-corrected chi connectivity index (χ2v) is 12.8. The maximum atomic E-state index is 13.3. The lowest BCUT2D eigenvalue weighted by Crippen LogP contribution is -2.54. The Labute approximate surface area is 189 Å². The molecule has 0 aliphatic carbocycles. The van der Waals surface area contributed by atoms with Crippen LogP contribution in [0.1, 0.15) is 25.6 Å². The molecule has 30 heavy (non-hydrogen) atoms. The molecule has 0 radical (unpaired) electrons. The van der Waals surface area contributed by atoms with E-state index in [0.717, 1.165) is 10.4 Å². The van der Waals surface area contributed by atoms with Crippen LogP contribution in [-0.4, -0.2) is 36.6 Å². The van der Waals surface area contributed by atoms with Gasteiger partial charge in [0.2, 0.25) is 5.89 Å². The number of nitrogens with two attached hydrogens (primary N) is 1. The fourth-order valence-corrected chi connectivity index (χ4v) is 6.92. The average Bonchev–Trinajstić information content (AvgIpc) is 3.27. The smallest absolute Gasteiger partial charge is 0.258 e. The van der Waals surface area contributed by atoms with Crippen molar-refractivity contribution in [2.45, 2.75) is 31.1 Å². The molecule has 2 N–H and O–H groups in total. The molecule has 10 heteroatoms. The summed E-state index contributed by atoms with van der Waals surface area (Å²) in [6, 6.07) is 8.87. The van der Waals surface area contributed by atoms with Crippen LogP contribution in [-0.2, 0) is 15.1 Å². The summed E-state index contributed by atoms with van der Waals surface area (Å²) < 4.78 is 18.3. The highest BCUT2D eigenvalue weighted by atomic mass is 35.5. The maximum Gasteiger partial charge on any atom is 0.258 e. The monoisotopic (exact) mass is 482 g/mol. The summed E-state index contributed by atoms with van der Waals surface area (Å²) in [6.45, 7) is 5.48. The Hall–Kier alpha value is -1.87. The van der Waals surface area contributed by atoms with E-state index in [9.17, 15) is 4.21 Å². The third kappa shape index (κ3) is 3.45. The molecule has 0 fully saturated rings. The first-order valence-electron chi connectivity index (χ1n) is 9.03. The Morgan fingerprint density at radius 2 is 1.80 bits per heavy atom. The van der Waals surface area contributed by atoms with Crippen molar-refractivity contribution in [2.24, 2.45) is 10.7 Å². The maximum absolute atomic E-state index is 13.3. The van der Waals surface area contributed by atoms with Gasteiger partial charge in [0.1, 0.15) is 11.4 Å². The van der Waals surface area contributed by atoms with Crippen LogP contribution < -0.4 is 5.73 Å². The van der Waals surface area contributed by atoms with Gasteiger partial charge in [-0.3, -0.25) is 9.20 Å². The lowest BCUT2D eigenvalue weighted by molar-refractivity contribution is 0.543. The fourth-order valence-electron chi connectivity index (χ4n) is 3.25. The summed E-state index contributed by atoms with van der Waals surface area (Å²) in [7, 11) is -2.54. The van der Waals surface area contributed by atoms with Gasteiger partial charge in [-0.25, -0.2) is 0 Å². The minimum atomic E-state index is -2.54. The molecule has 158 valence electrons. The standard InChI is InChI=1S/C20H20Cl2N4O2S2/c1-19(2)18(23)24-20(3,10-30(19,4)27)15-13(22)9-14(29-15)17-26-25-16(28-17)11-5-7-12(21)8-6-11/h5-9H,4,10H2,1-3H3,(H2,23,24)/t20-,30?/m0/s1. The number of hydrogen-bond acceptors (Lipinski definition) is 7. The van der Waals surface area contributed by atoms with Crippen LogP contribution in [0.3, 0.4) is 0 Å². The SMILES string of the molecule is C=S1(=O)C[C@@](C)(c2sc(-c3nnc(-c4ccc(Cl)cc4)o3)cc2Cl)N=C(N)C1(C)C. The first kappa shape index (κ1) is 21.4. The Kier molecular flexibility index (Phi) is 5.05. The van der Waals surface area contributed by atoms with E-state index in [1.54, 1.807) is 44.2 Å². The second kappa shape index (κ2) is 7.09. The zero-order valence-corrected chi connectivity index (χ0v) is 19.8. The van der Waals surface area contributed by atoms with E-state index in [-0.39, 0.29) is 5.75 Å². The molecule has 1 aromatic carbocycles.